The van der Waals surface area contributed by atoms with E-state index in [4.69, 9.17) is 23.2 Å². The molecule has 0 aromatic heterocycles. The largest absolute Gasteiger partial charge is 0.311 e. The molecule has 0 aliphatic rings. The first-order valence-corrected chi connectivity index (χ1v) is 9.84. The molecule has 0 saturated heterocycles. The molecule has 120 valence electrons. The smallest absolute Gasteiger partial charge is 0.105 e. The van der Waals surface area contributed by atoms with Gasteiger partial charge in [0.25, 0.3) is 0 Å². The van der Waals surface area contributed by atoms with Gasteiger partial charge >= 0.3 is 0 Å². The fraction of sp³-hybridized carbons (Fsp3) is 0.100. The second-order valence-corrected chi connectivity index (χ2v) is 7.94. The summed E-state index contributed by atoms with van der Waals surface area (Å²) in [5.41, 5.74) is 3.41. The Bertz CT molecular complexity index is 706. The van der Waals surface area contributed by atoms with E-state index in [2.05, 4.69) is 77.7 Å². The lowest BCUT2D eigenvalue weighted by molar-refractivity contribution is 1.28. The molecule has 0 amide bonds. The highest BCUT2D eigenvalue weighted by atomic mass is 35.5. The van der Waals surface area contributed by atoms with Crippen LogP contribution in [-0.2, 0) is 0 Å². The zero-order valence-corrected chi connectivity index (χ0v) is 15.6. The van der Waals surface area contributed by atoms with Crippen LogP contribution in [0.3, 0.4) is 0 Å². The molecule has 0 spiro atoms. The van der Waals surface area contributed by atoms with Gasteiger partial charge in [-0.15, -0.1) is 23.2 Å². The van der Waals surface area contributed by atoms with Gasteiger partial charge in [0.1, 0.15) is 4.84 Å². The van der Waals surface area contributed by atoms with Gasteiger partial charge in [-0.2, -0.15) is 0 Å². The average molecular weight is 370 g/mol. The predicted octanol–water partition coefficient (Wildman–Crippen LogP) is 5.71. The highest BCUT2D eigenvalue weighted by molar-refractivity contribution is 6.58. The van der Waals surface area contributed by atoms with Crippen LogP contribution in [0.25, 0.3) is 0 Å². The van der Waals surface area contributed by atoms with Crippen molar-refractivity contribution in [2.45, 2.75) is 10.9 Å². The molecule has 4 heteroatoms. The summed E-state index contributed by atoms with van der Waals surface area (Å²) in [5, 5.41) is 1.27. The van der Waals surface area contributed by atoms with Crippen LogP contribution in [-0.4, -0.2) is 14.4 Å². The van der Waals surface area contributed by atoms with Gasteiger partial charge in [0, 0.05) is 17.1 Å². The van der Waals surface area contributed by atoms with E-state index in [1.54, 1.807) is 0 Å². The molecule has 0 N–H and O–H groups in total. The van der Waals surface area contributed by atoms with E-state index >= 15 is 0 Å². The maximum Gasteiger partial charge on any atom is 0.105 e. The molecule has 0 aliphatic heterocycles. The fourth-order valence-electron chi connectivity index (χ4n) is 2.52. The first-order chi connectivity index (χ1) is 11.7. The second-order valence-electron chi connectivity index (χ2n) is 5.33. The molecule has 0 aliphatic carbocycles. The summed E-state index contributed by atoms with van der Waals surface area (Å²) >= 11 is 11.7. The van der Waals surface area contributed by atoms with Crippen molar-refractivity contribution in [3.63, 3.8) is 0 Å². The van der Waals surface area contributed by atoms with Crippen LogP contribution in [0.5, 0.6) is 0 Å². The Hall–Kier alpha value is -1.74. The number of alkyl halides is 2. The Kier molecular flexibility index (Phi) is 5.97. The number of hydrogen-bond donors (Lipinski definition) is 0. The average Bonchev–Trinajstić information content (AvgIpc) is 2.63. The third-order valence-electron chi connectivity index (χ3n) is 3.61. The highest BCUT2D eigenvalue weighted by Gasteiger charge is 2.11. The van der Waals surface area contributed by atoms with E-state index in [0.717, 1.165) is 23.1 Å². The first-order valence-electron chi connectivity index (χ1n) is 7.76. The van der Waals surface area contributed by atoms with Crippen molar-refractivity contribution in [2.24, 2.45) is 0 Å². The Balaban J connectivity index is 1.92. The summed E-state index contributed by atoms with van der Waals surface area (Å²) < 4.78 is 0. The van der Waals surface area contributed by atoms with Crippen molar-refractivity contribution in [3.05, 3.63) is 84.9 Å². The number of benzene rings is 3. The van der Waals surface area contributed by atoms with E-state index in [1.165, 1.54) is 5.19 Å². The van der Waals surface area contributed by atoms with Crippen molar-refractivity contribution in [3.8, 4) is 0 Å². The van der Waals surface area contributed by atoms with Gasteiger partial charge in [0.15, 0.2) is 0 Å². The normalized spacial score (nSPS) is 10.8. The molecule has 0 bridgehead atoms. The predicted molar refractivity (Wildman–Crippen MR) is 107 cm³/mol. The summed E-state index contributed by atoms with van der Waals surface area (Å²) in [4.78, 5) is 1.95. The van der Waals surface area contributed by atoms with Gasteiger partial charge in [-0.3, -0.25) is 0 Å². The molecule has 0 atom stereocenters. The van der Waals surface area contributed by atoms with Crippen molar-refractivity contribution >= 4 is 55.0 Å². The number of anilines is 3. The SMILES string of the molecule is ClC(Cl)C[Si]c1ccc(N(c2ccccc2)c2ccccc2)cc1. The van der Waals surface area contributed by atoms with Crippen molar-refractivity contribution in [1.29, 1.82) is 0 Å². The third-order valence-corrected chi connectivity index (χ3v) is 5.79. The summed E-state index contributed by atoms with van der Waals surface area (Å²) in [5.74, 6) is 0. The maximum absolute atomic E-state index is 5.83. The molecule has 0 saturated carbocycles. The molecular formula is C20H17Cl2NSi. The number of nitrogens with zero attached hydrogens (tertiary/aromatic N) is 1. The van der Waals surface area contributed by atoms with Crippen LogP contribution in [0, 0.1) is 0 Å². The van der Waals surface area contributed by atoms with Crippen molar-refractivity contribution in [2.75, 3.05) is 4.90 Å². The first kappa shape index (κ1) is 17.1. The Labute approximate surface area is 155 Å². The molecule has 3 aromatic rings. The van der Waals surface area contributed by atoms with E-state index in [0.29, 0.717) is 9.52 Å². The minimum atomic E-state index is -0.298. The molecule has 0 fully saturated rings. The fourth-order valence-corrected chi connectivity index (χ4v) is 3.78. The quantitative estimate of drug-likeness (QED) is 0.397. The van der Waals surface area contributed by atoms with Crippen LogP contribution in [0.4, 0.5) is 17.1 Å². The van der Waals surface area contributed by atoms with Gasteiger partial charge in [0.05, 0.1) is 9.52 Å². The maximum atomic E-state index is 5.83. The zero-order valence-electron chi connectivity index (χ0n) is 13.1. The lowest BCUT2D eigenvalue weighted by atomic mass is 10.2. The van der Waals surface area contributed by atoms with Crippen LogP contribution in [0.2, 0.25) is 6.04 Å². The van der Waals surface area contributed by atoms with Crippen molar-refractivity contribution in [1.82, 2.24) is 0 Å². The van der Waals surface area contributed by atoms with Gasteiger partial charge in [-0.1, -0.05) is 53.7 Å². The number of halogens is 2. The molecule has 24 heavy (non-hydrogen) atoms. The number of hydrogen-bond acceptors (Lipinski definition) is 1. The third kappa shape index (κ3) is 4.41. The topological polar surface area (TPSA) is 3.24 Å². The van der Waals surface area contributed by atoms with E-state index in [1.807, 2.05) is 12.1 Å². The van der Waals surface area contributed by atoms with Gasteiger partial charge in [-0.05, 0) is 42.4 Å². The van der Waals surface area contributed by atoms with Crippen LogP contribution in [0.15, 0.2) is 84.9 Å². The summed E-state index contributed by atoms with van der Waals surface area (Å²) in [6.45, 7) is 0. The Morgan fingerprint density at radius 2 is 1.12 bits per heavy atom. The number of para-hydroxylation sites is 2. The van der Waals surface area contributed by atoms with E-state index in [-0.39, 0.29) is 4.84 Å². The minimum absolute atomic E-state index is 0.298. The Morgan fingerprint density at radius 3 is 1.58 bits per heavy atom. The summed E-state index contributed by atoms with van der Waals surface area (Å²) in [6.07, 6.45) is 0. The van der Waals surface area contributed by atoms with E-state index < -0.39 is 0 Å². The van der Waals surface area contributed by atoms with Gasteiger partial charge < -0.3 is 4.90 Å². The lowest BCUT2D eigenvalue weighted by Crippen LogP contribution is -2.16. The van der Waals surface area contributed by atoms with Gasteiger partial charge in [0.2, 0.25) is 0 Å². The zero-order chi connectivity index (χ0) is 16.8. The molecule has 2 radical (unpaired) electrons. The van der Waals surface area contributed by atoms with E-state index in [9.17, 15) is 0 Å². The molecule has 1 nitrogen and oxygen atoms in total. The van der Waals surface area contributed by atoms with Crippen LogP contribution < -0.4 is 10.1 Å². The molecule has 3 aromatic carbocycles. The van der Waals surface area contributed by atoms with Crippen LogP contribution >= 0.6 is 23.2 Å². The second kappa shape index (κ2) is 8.38. The highest BCUT2D eigenvalue weighted by Crippen LogP contribution is 2.33. The van der Waals surface area contributed by atoms with Crippen LogP contribution in [0.1, 0.15) is 0 Å². The molecule has 0 unspecified atom stereocenters. The molecular weight excluding hydrogens is 353 g/mol. The Morgan fingerprint density at radius 1 is 0.667 bits per heavy atom. The van der Waals surface area contributed by atoms with Gasteiger partial charge in [-0.25, -0.2) is 0 Å². The monoisotopic (exact) mass is 369 g/mol. The molecule has 3 rings (SSSR count). The lowest BCUT2D eigenvalue weighted by Gasteiger charge is -2.25. The standard InChI is InChI=1S/C20H17Cl2NSi/c21-20(22)15-24-19-13-11-18(12-14-19)23(16-7-3-1-4-8-16)17-9-5-2-6-10-17/h1-14,20H,15H2. The summed E-state index contributed by atoms with van der Waals surface area (Å²) in [7, 11) is 0.625. The van der Waals surface area contributed by atoms with Crippen molar-refractivity contribution < 1.29 is 0 Å². The minimum Gasteiger partial charge on any atom is -0.311 e. The summed E-state index contributed by atoms with van der Waals surface area (Å²) in [6, 6.07) is 30.2. The molecule has 0 heterocycles. The number of rotatable bonds is 6.